The number of hydrogen-bond donors (Lipinski definition) is 1. The summed E-state index contributed by atoms with van der Waals surface area (Å²) in [5.74, 6) is -1.13. The van der Waals surface area contributed by atoms with E-state index in [-0.39, 0.29) is 11.4 Å². The first-order valence-corrected chi connectivity index (χ1v) is 8.85. The highest BCUT2D eigenvalue weighted by Gasteiger charge is 2.29. The zero-order valence-corrected chi connectivity index (χ0v) is 13.7. The number of nitrogens with one attached hydrogen (secondary N) is 1. The van der Waals surface area contributed by atoms with Crippen LogP contribution in [0.15, 0.2) is 35.4 Å². The highest BCUT2D eigenvalue weighted by Crippen LogP contribution is 2.17. The van der Waals surface area contributed by atoms with E-state index in [1.807, 2.05) is 6.92 Å². The Morgan fingerprint density at radius 3 is 2.55 bits per heavy atom. The predicted octanol–water partition coefficient (Wildman–Crippen LogP) is 2.07. The molecule has 0 spiro atoms. The summed E-state index contributed by atoms with van der Waals surface area (Å²) < 4.78 is 37.5. The van der Waals surface area contributed by atoms with Crippen LogP contribution < -0.4 is 5.32 Å². The molecule has 2 aromatic rings. The van der Waals surface area contributed by atoms with Crippen LogP contribution in [0.3, 0.4) is 0 Å². The van der Waals surface area contributed by atoms with E-state index in [0.29, 0.717) is 0 Å². The number of benzene rings is 1. The molecule has 0 bridgehead atoms. The van der Waals surface area contributed by atoms with Crippen molar-refractivity contribution in [3.8, 4) is 0 Å². The molecule has 1 unspecified atom stereocenters. The third-order valence-electron chi connectivity index (χ3n) is 3.08. The summed E-state index contributed by atoms with van der Waals surface area (Å²) in [5, 5.41) is 2.19. The topological polar surface area (TPSA) is 76.1 Å². The molecule has 0 saturated carbocycles. The molecule has 0 saturated heterocycles. The third-order valence-corrected chi connectivity index (χ3v) is 6.07. The maximum absolute atomic E-state index is 12.9. The molecule has 1 amide bonds. The Bertz CT molecular complexity index is 770. The number of hydrogen-bond acceptors (Lipinski definition) is 5. The van der Waals surface area contributed by atoms with E-state index in [1.165, 1.54) is 18.3 Å². The van der Waals surface area contributed by atoms with Crippen molar-refractivity contribution in [3.05, 3.63) is 46.2 Å². The smallest absolute Gasteiger partial charge is 0.238 e. The molecule has 1 aromatic heterocycles. The van der Waals surface area contributed by atoms with Crippen LogP contribution >= 0.6 is 11.3 Å². The van der Waals surface area contributed by atoms with Gasteiger partial charge in [-0.05, 0) is 38.1 Å². The summed E-state index contributed by atoms with van der Waals surface area (Å²) in [4.78, 5) is 16.9. The average molecular weight is 342 g/mol. The second-order valence-electron chi connectivity index (χ2n) is 4.70. The van der Waals surface area contributed by atoms with Crippen LogP contribution in [0.5, 0.6) is 0 Å². The number of carbonyl (C=O) groups is 1. The molecule has 2 rings (SSSR count). The minimum Gasteiger partial charge on any atom is -0.350 e. The lowest BCUT2D eigenvalue weighted by atomic mass is 10.3. The summed E-state index contributed by atoms with van der Waals surface area (Å²) >= 11 is 1.43. The maximum Gasteiger partial charge on any atom is 0.238 e. The standard InChI is InChI=1S/C14H15FN2O3S2/c1-9(14(18)17-8-12-7-16-10(2)21-12)22(19,20)13-5-3-11(15)4-6-13/h3-7,9H,8H2,1-2H3,(H,17,18). The highest BCUT2D eigenvalue weighted by molar-refractivity contribution is 7.92. The second-order valence-corrected chi connectivity index (χ2v) is 8.29. The fourth-order valence-electron chi connectivity index (χ4n) is 1.77. The molecular formula is C14H15FN2O3S2. The summed E-state index contributed by atoms with van der Waals surface area (Å²) in [6.45, 7) is 3.39. The van der Waals surface area contributed by atoms with Gasteiger partial charge in [-0.25, -0.2) is 17.8 Å². The highest BCUT2D eigenvalue weighted by atomic mass is 32.2. The first-order valence-electron chi connectivity index (χ1n) is 6.49. The number of amides is 1. The van der Waals surface area contributed by atoms with Crippen LogP contribution in [0.25, 0.3) is 0 Å². The molecule has 8 heteroatoms. The number of rotatable bonds is 5. The second kappa shape index (κ2) is 6.53. The van der Waals surface area contributed by atoms with Crippen LogP contribution in [0, 0.1) is 12.7 Å². The Hall–Kier alpha value is -1.80. The van der Waals surface area contributed by atoms with Gasteiger partial charge in [-0.2, -0.15) is 0 Å². The number of halogens is 1. The van der Waals surface area contributed by atoms with Gasteiger partial charge in [-0.15, -0.1) is 11.3 Å². The summed E-state index contributed by atoms with van der Waals surface area (Å²) in [6, 6.07) is 4.41. The quantitative estimate of drug-likeness (QED) is 0.844. The largest absolute Gasteiger partial charge is 0.350 e. The first kappa shape index (κ1) is 16.6. The fraction of sp³-hybridized carbons (Fsp3) is 0.286. The van der Waals surface area contributed by atoms with E-state index in [1.54, 1.807) is 6.20 Å². The fourth-order valence-corrected chi connectivity index (χ4v) is 3.80. The van der Waals surface area contributed by atoms with Crippen LogP contribution in [0.2, 0.25) is 0 Å². The number of carbonyl (C=O) groups excluding carboxylic acids is 1. The third kappa shape index (κ3) is 3.69. The molecule has 22 heavy (non-hydrogen) atoms. The molecule has 0 aliphatic carbocycles. The van der Waals surface area contributed by atoms with Crippen LogP contribution in [0.4, 0.5) is 4.39 Å². The zero-order chi connectivity index (χ0) is 16.3. The van der Waals surface area contributed by atoms with Gasteiger partial charge >= 0.3 is 0 Å². The predicted molar refractivity (Wildman–Crippen MR) is 81.7 cm³/mol. The van der Waals surface area contributed by atoms with Gasteiger partial charge < -0.3 is 5.32 Å². The zero-order valence-electron chi connectivity index (χ0n) is 12.0. The summed E-state index contributed by atoms with van der Waals surface area (Å²) in [7, 11) is -3.85. The molecule has 1 heterocycles. The molecule has 1 aromatic carbocycles. The first-order chi connectivity index (χ1) is 10.3. The van der Waals surface area contributed by atoms with Crippen molar-refractivity contribution in [2.24, 2.45) is 0 Å². The van der Waals surface area contributed by atoms with E-state index >= 15 is 0 Å². The number of aromatic nitrogens is 1. The van der Waals surface area contributed by atoms with Crippen LogP contribution in [-0.4, -0.2) is 24.6 Å². The van der Waals surface area contributed by atoms with E-state index in [4.69, 9.17) is 0 Å². The van der Waals surface area contributed by atoms with Crippen LogP contribution in [0.1, 0.15) is 16.8 Å². The molecule has 1 atom stereocenters. The number of nitrogens with zero attached hydrogens (tertiary/aromatic N) is 1. The number of thiazole rings is 1. The van der Waals surface area contributed by atoms with E-state index in [0.717, 1.165) is 34.2 Å². The lowest BCUT2D eigenvalue weighted by molar-refractivity contribution is -0.120. The Kier molecular flexibility index (Phi) is 4.92. The van der Waals surface area contributed by atoms with Gasteiger partial charge in [0.15, 0.2) is 9.84 Å². The summed E-state index contributed by atoms with van der Waals surface area (Å²) in [6.07, 6.45) is 1.64. The van der Waals surface area contributed by atoms with Gasteiger partial charge in [0.25, 0.3) is 0 Å². The monoisotopic (exact) mass is 342 g/mol. The lowest BCUT2D eigenvalue weighted by Gasteiger charge is -2.13. The van der Waals surface area contributed by atoms with E-state index < -0.39 is 26.8 Å². The minimum atomic E-state index is -3.85. The molecular weight excluding hydrogens is 327 g/mol. The molecule has 1 N–H and O–H groups in total. The van der Waals surface area contributed by atoms with Gasteiger partial charge in [0.2, 0.25) is 5.91 Å². The van der Waals surface area contributed by atoms with Crippen LogP contribution in [-0.2, 0) is 21.2 Å². The van der Waals surface area contributed by atoms with Crippen molar-refractivity contribution in [1.82, 2.24) is 10.3 Å². The molecule has 5 nitrogen and oxygen atoms in total. The summed E-state index contributed by atoms with van der Waals surface area (Å²) in [5.41, 5.74) is 0. The Balaban J connectivity index is 2.07. The van der Waals surface area contributed by atoms with E-state index in [9.17, 15) is 17.6 Å². The number of aryl methyl sites for hydroxylation is 1. The van der Waals surface area contributed by atoms with Gasteiger partial charge in [0.05, 0.1) is 16.4 Å². The Morgan fingerprint density at radius 2 is 2.00 bits per heavy atom. The van der Waals surface area contributed by atoms with Crippen molar-refractivity contribution in [2.75, 3.05) is 0 Å². The van der Waals surface area contributed by atoms with Crippen molar-refractivity contribution >= 4 is 27.1 Å². The molecule has 0 fully saturated rings. The molecule has 0 radical (unpaired) electrons. The van der Waals surface area contributed by atoms with Gasteiger partial charge in [0.1, 0.15) is 11.1 Å². The number of sulfone groups is 1. The van der Waals surface area contributed by atoms with Crippen molar-refractivity contribution in [3.63, 3.8) is 0 Å². The molecule has 118 valence electrons. The van der Waals surface area contributed by atoms with Crippen molar-refractivity contribution in [2.45, 2.75) is 30.5 Å². The Morgan fingerprint density at radius 1 is 1.36 bits per heavy atom. The normalized spacial score (nSPS) is 12.9. The van der Waals surface area contributed by atoms with Crippen molar-refractivity contribution in [1.29, 1.82) is 0 Å². The minimum absolute atomic E-state index is 0.0785. The van der Waals surface area contributed by atoms with Crippen molar-refractivity contribution < 1.29 is 17.6 Å². The van der Waals surface area contributed by atoms with Gasteiger partial charge in [-0.3, -0.25) is 4.79 Å². The Labute approximate surface area is 132 Å². The van der Waals surface area contributed by atoms with E-state index in [2.05, 4.69) is 10.3 Å². The average Bonchev–Trinajstić information content (AvgIpc) is 2.90. The van der Waals surface area contributed by atoms with Gasteiger partial charge in [-0.1, -0.05) is 0 Å². The molecule has 0 aliphatic rings. The maximum atomic E-state index is 12.9. The lowest BCUT2D eigenvalue weighted by Crippen LogP contribution is -2.37. The van der Waals surface area contributed by atoms with Gasteiger partial charge in [0, 0.05) is 11.1 Å². The molecule has 0 aliphatic heterocycles. The SMILES string of the molecule is Cc1ncc(CNC(=O)C(C)S(=O)(=O)c2ccc(F)cc2)s1.